The molecule has 0 spiro atoms. The number of nitro benzene ring substituents is 1. The van der Waals surface area contributed by atoms with Gasteiger partial charge in [-0.05, 0) is 12.5 Å². The fraction of sp³-hybridized carbons (Fsp3) is 0.357. The highest BCUT2D eigenvalue weighted by atomic mass is 16.6. The van der Waals surface area contributed by atoms with E-state index in [-0.39, 0.29) is 35.7 Å². The minimum atomic E-state index is -0.450. The molecule has 4 unspecified atom stereocenters. The lowest BCUT2D eigenvalue weighted by molar-refractivity contribution is -0.384. The zero-order chi connectivity index (χ0) is 15.9. The van der Waals surface area contributed by atoms with E-state index >= 15 is 0 Å². The van der Waals surface area contributed by atoms with Gasteiger partial charge in [-0.25, -0.2) is 5.43 Å². The first kappa shape index (κ1) is 14.3. The summed E-state index contributed by atoms with van der Waals surface area (Å²) < 4.78 is 5.54. The number of nitro groups is 1. The second-order valence-corrected chi connectivity index (χ2v) is 5.41. The van der Waals surface area contributed by atoms with Crippen LogP contribution in [0.3, 0.4) is 0 Å². The monoisotopic (exact) mass is 301 g/mol. The Morgan fingerprint density at radius 1 is 1.45 bits per heavy atom. The number of hydrogen-bond donors (Lipinski definition) is 3. The lowest BCUT2D eigenvalue weighted by Gasteiger charge is -2.34. The highest BCUT2D eigenvalue weighted by Gasteiger charge is 2.47. The molecule has 1 aromatic carbocycles. The molecular weight excluding hydrogens is 286 g/mol. The molecule has 0 radical (unpaired) electrons. The predicted octanol–water partition coefficient (Wildman–Crippen LogP) is 0.841. The molecule has 0 saturated carbocycles. The molecule has 0 aliphatic carbocycles. The maximum Gasteiger partial charge on any atom is 0.269 e. The zero-order valence-corrected chi connectivity index (χ0v) is 11.8. The van der Waals surface area contributed by atoms with E-state index in [1.807, 2.05) is 6.92 Å². The molecule has 0 bridgehead atoms. The molecular formula is C14H15N5O3. The number of allylic oxidation sites excluding steroid dienone is 1. The van der Waals surface area contributed by atoms with E-state index in [4.69, 9.17) is 10.5 Å². The van der Waals surface area contributed by atoms with Crippen LogP contribution in [-0.2, 0) is 4.74 Å². The van der Waals surface area contributed by atoms with Gasteiger partial charge < -0.3 is 10.5 Å². The van der Waals surface area contributed by atoms with Crippen LogP contribution >= 0.6 is 0 Å². The summed E-state index contributed by atoms with van der Waals surface area (Å²) in [5.74, 6) is -0.395. The van der Waals surface area contributed by atoms with Crippen molar-refractivity contribution in [2.24, 2.45) is 11.7 Å². The molecule has 0 aromatic heterocycles. The lowest BCUT2D eigenvalue weighted by Crippen LogP contribution is -2.41. The van der Waals surface area contributed by atoms with E-state index in [1.165, 1.54) is 12.1 Å². The number of rotatable bonds is 2. The van der Waals surface area contributed by atoms with Crippen molar-refractivity contribution >= 4 is 5.69 Å². The molecule has 1 fully saturated rings. The number of nitrogens with zero attached hydrogens (tertiary/aromatic N) is 2. The maximum absolute atomic E-state index is 11.0. The summed E-state index contributed by atoms with van der Waals surface area (Å²) in [6, 6.07) is 8.41. The SMILES string of the molecule is CC1NNC2OC(N)=C(C#N)C(c3cccc([N+](=O)[O-])c3)C12. The van der Waals surface area contributed by atoms with E-state index in [0.717, 1.165) is 0 Å². The van der Waals surface area contributed by atoms with Crippen LogP contribution in [-0.4, -0.2) is 17.2 Å². The van der Waals surface area contributed by atoms with Gasteiger partial charge in [0, 0.05) is 30.0 Å². The minimum absolute atomic E-state index is 0.0111. The van der Waals surface area contributed by atoms with E-state index in [2.05, 4.69) is 16.9 Å². The third-order valence-electron chi connectivity index (χ3n) is 4.16. The zero-order valence-electron chi connectivity index (χ0n) is 11.8. The topological polar surface area (TPSA) is 126 Å². The van der Waals surface area contributed by atoms with Crippen LogP contribution in [0.4, 0.5) is 5.69 Å². The van der Waals surface area contributed by atoms with E-state index in [0.29, 0.717) is 11.1 Å². The Kier molecular flexibility index (Phi) is 3.44. The van der Waals surface area contributed by atoms with Crippen LogP contribution in [0.2, 0.25) is 0 Å². The lowest BCUT2D eigenvalue weighted by atomic mass is 9.76. The summed E-state index contributed by atoms with van der Waals surface area (Å²) in [7, 11) is 0. The van der Waals surface area contributed by atoms with Crippen molar-refractivity contribution in [1.82, 2.24) is 10.9 Å². The number of hydrogen-bond acceptors (Lipinski definition) is 7. The smallest absolute Gasteiger partial charge is 0.269 e. The molecule has 114 valence electrons. The Labute approximate surface area is 126 Å². The largest absolute Gasteiger partial charge is 0.458 e. The van der Waals surface area contributed by atoms with Crippen LogP contribution in [0.5, 0.6) is 0 Å². The molecule has 0 amide bonds. The molecule has 3 rings (SSSR count). The standard InChI is InChI=1S/C14H15N5O3/c1-7-11-12(8-3-2-4-9(5-8)19(20)21)10(6-15)13(16)22-14(11)18-17-7/h2-5,7,11-12,14,17-18H,16H2,1H3. The van der Waals surface area contributed by atoms with Crippen LogP contribution in [0.1, 0.15) is 18.4 Å². The average molecular weight is 301 g/mol. The number of non-ortho nitro benzene ring substituents is 1. The van der Waals surface area contributed by atoms with Gasteiger partial charge >= 0.3 is 0 Å². The highest BCUT2D eigenvalue weighted by Crippen LogP contribution is 2.43. The number of benzene rings is 1. The van der Waals surface area contributed by atoms with E-state index < -0.39 is 4.92 Å². The second-order valence-electron chi connectivity index (χ2n) is 5.41. The Morgan fingerprint density at radius 2 is 2.23 bits per heavy atom. The number of fused-ring (bicyclic) bond motifs is 1. The second kappa shape index (κ2) is 5.29. The summed E-state index contributed by atoms with van der Waals surface area (Å²) >= 11 is 0. The number of hydrazine groups is 1. The van der Waals surface area contributed by atoms with Gasteiger partial charge in [-0.3, -0.25) is 15.5 Å². The van der Waals surface area contributed by atoms with Gasteiger partial charge in [0.05, 0.1) is 10.5 Å². The summed E-state index contributed by atoms with van der Waals surface area (Å²) in [6.45, 7) is 1.96. The maximum atomic E-state index is 11.0. The molecule has 22 heavy (non-hydrogen) atoms. The number of nitrogens with one attached hydrogen (secondary N) is 2. The van der Waals surface area contributed by atoms with Crippen molar-refractivity contribution in [3.05, 3.63) is 51.4 Å². The highest BCUT2D eigenvalue weighted by molar-refractivity contribution is 5.45. The molecule has 2 aliphatic heterocycles. The van der Waals surface area contributed by atoms with Crippen LogP contribution in [0, 0.1) is 27.4 Å². The summed E-state index contributed by atoms with van der Waals surface area (Å²) in [5, 5.41) is 20.4. The molecule has 1 aromatic rings. The first-order valence-corrected chi connectivity index (χ1v) is 6.84. The Balaban J connectivity index is 2.12. The normalized spacial score (nSPS) is 30.4. The van der Waals surface area contributed by atoms with Gasteiger partial charge in [-0.1, -0.05) is 12.1 Å². The van der Waals surface area contributed by atoms with Gasteiger partial charge in [-0.2, -0.15) is 5.26 Å². The fourth-order valence-electron chi connectivity index (χ4n) is 3.13. The summed E-state index contributed by atoms with van der Waals surface area (Å²) in [5.41, 5.74) is 12.9. The summed E-state index contributed by atoms with van der Waals surface area (Å²) in [6.07, 6.45) is -0.378. The molecule has 2 aliphatic rings. The number of nitriles is 1. The van der Waals surface area contributed by atoms with E-state index in [9.17, 15) is 15.4 Å². The van der Waals surface area contributed by atoms with Gasteiger partial charge in [0.1, 0.15) is 6.07 Å². The number of ether oxygens (including phenoxy) is 1. The summed E-state index contributed by atoms with van der Waals surface area (Å²) in [4.78, 5) is 10.5. The first-order chi connectivity index (χ1) is 10.5. The Morgan fingerprint density at radius 3 is 2.91 bits per heavy atom. The van der Waals surface area contributed by atoms with Gasteiger partial charge in [0.25, 0.3) is 5.69 Å². The molecule has 8 heteroatoms. The molecule has 2 heterocycles. The van der Waals surface area contributed by atoms with Crippen LogP contribution in [0.15, 0.2) is 35.7 Å². The van der Waals surface area contributed by atoms with Crippen molar-refractivity contribution in [3.8, 4) is 6.07 Å². The van der Waals surface area contributed by atoms with Crippen molar-refractivity contribution in [2.75, 3.05) is 0 Å². The van der Waals surface area contributed by atoms with Crippen molar-refractivity contribution < 1.29 is 9.66 Å². The van der Waals surface area contributed by atoms with Crippen LogP contribution in [0.25, 0.3) is 0 Å². The Hall–Kier alpha value is -2.63. The van der Waals surface area contributed by atoms with Gasteiger partial charge in [0.15, 0.2) is 6.23 Å². The van der Waals surface area contributed by atoms with E-state index in [1.54, 1.807) is 12.1 Å². The minimum Gasteiger partial charge on any atom is -0.458 e. The average Bonchev–Trinajstić information content (AvgIpc) is 2.86. The van der Waals surface area contributed by atoms with Gasteiger partial charge in [-0.15, -0.1) is 0 Å². The predicted molar refractivity (Wildman–Crippen MR) is 76.8 cm³/mol. The quantitative estimate of drug-likeness (QED) is 0.545. The van der Waals surface area contributed by atoms with Crippen LogP contribution < -0.4 is 16.6 Å². The third-order valence-corrected chi connectivity index (χ3v) is 4.16. The Bertz CT molecular complexity index is 696. The fourth-order valence-corrected chi connectivity index (χ4v) is 3.13. The van der Waals surface area contributed by atoms with Crippen molar-refractivity contribution in [1.29, 1.82) is 5.26 Å². The number of nitrogens with two attached hydrogens (primary N) is 1. The molecule has 4 atom stereocenters. The van der Waals surface area contributed by atoms with Crippen molar-refractivity contribution in [2.45, 2.75) is 25.1 Å². The molecule has 1 saturated heterocycles. The third kappa shape index (κ3) is 2.16. The molecule has 8 nitrogen and oxygen atoms in total. The van der Waals surface area contributed by atoms with Crippen molar-refractivity contribution in [3.63, 3.8) is 0 Å². The molecule has 4 N–H and O–H groups in total. The first-order valence-electron chi connectivity index (χ1n) is 6.84. The van der Waals surface area contributed by atoms with Gasteiger partial charge in [0.2, 0.25) is 5.88 Å².